The fraction of sp³-hybridized carbons (Fsp3) is 0.458. The van der Waals surface area contributed by atoms with Crippen LogP contribution in [0.25, 0.3) is 0 Å². The molecule has 7 heteroatoms. The zero-order valence-corrected chi connectivity index (χ0v) is 19.5. The van der Waals surface area contributed by atoms with Gasteiger partial charge in [0.2, 0.25) is 15.9 Å². The number of amides is 1. The van der Waals surface area contributed by atoms with Crippen LogP contribution in [0.2, 0.25) is 0 Å². The number of nitrogens with one attached hydrogen (secondary N) is 1. The molecule has 31 heavy (non-hydrogen) atoms. The zero-order chi connectivity index (χ0) is 22.4. The van der Waals surface area contributed by atoms with Gasteiger partial charge in [-0.05, 0) is 56.1 Å². The van der Waals surface area contributed by atoms with E-state index in [2.05, 4.69) is 41.4 Å². The molecule has 1 aliphatic rings. The summed E-state index contributed by atoms with van der Waals surface area (Å²) in [5.41, 5.74) is 3.14. The molecular formula is C24H33N3O3S. The van der Waals surface area contributed by atoms with E-state index in [0.717, 1.165) is 32.5 Å². The largest absolute Gasteiger partial charge is 0.326 e. The van der Waals surface area contributed by atoms with Gasteiger partial charge in [-0.15, -0.1) is 0 Å². The number of carbonyl (C=O) groups is 1. The number of hydrogen-bond acceptors (Lipinski definition) is 4. The van der Waals surface area contributed by atoms with Crippen molar-refractivity contribution in [3.63, 3.8) is 0 Å². The molecule has 0 aromatic heterocycles. The Bertz CT molecular complexity index is 985. The van der Waals surface area contributed by atoms with Crippen LogP contribution < -0.4 is 5.32 Å². The quantitative estimate of drug-likeness (QED) is 0.672. The van der Waals surface area contributed by atoms with E-state index in [1.54, 1.807) is 24.3 Å². The monoisotopic (exact) mass is 443 g/mol. The van der Waals surface area contributed by atoms with Gasteiger partial charge < -0.3 is 5.32 Å². The summed E-state index contributed by atoms with van der Waals surface area (Å²) in [5.74, 6) is -0.0778. The van der Waals surface area contributed by atoms with Crippen LogP contribution in [0.15, 0.2) is 53.4 Å². The number of hydrogen-bond donors (Lipinski definition) is 1. The Morgan fingerprint density at radius 1 is 1.13 bits per heavy atom. The lowest BCUT2D eigenvalue weighted by atomic mass is 9.96. The zero-order valence-electron chi connectivity index (χ0n) is 18.7. The van der Waals surface area contributed by atoms with Gasteiger partial charge in [-0.2, -0.15) is 4.31 Å². The van der Waals surface area contributed by atoms with E-state index in [-0.39, 0.29) is 16.7 Å². The van der Waals surface area contributed by atoms with Gasteiger partial charge in [0.1, 0.15) is 0 Å². The molecule has 0 aliphatic carbocycles. The van der Waals surface area contributed by atoms with Crippen molar-refractivity contribution in [1.82, 2.24) is 9.21 Å². The van der Waals surface area contributed by atoms with Crippen LogP contribution in [0.1, 0.15) is 37.8 Å². The summed E-state index contributed by atoms with van der Waals surface area (Å²) < 4.78 is 26.7. The van der Waals surface area contributed by atoms with Crippen molar-refractivity contribution in [1.29, 1.82) is 0 Å². The number of benzene rings is 2. The third-order valence-corrected chi connectivity index (χ3v) is 7.89. The Labute approximate surface area is 186 Å². The second-order valence-corrected chi connectivity index (χ2v) is 10.1. The standard InChI is InChI=1S/C24H33N3O3S/c1-4-27(5-2)31(29,30)23-13-11-22(12-14-23)25-24(28)21-10-7-15-26(18-21)17-20-9-6-8-19(3)16-20/h6,8-9,11-14,16,21H,4-5,7,10,15,17-18H2,1-3H3,(H,25,28). The summed E-state index contributed by atoms with van der Waals surface area (Å²) in [6.07, 6.45) is 1.86. The Morgan fingerprint density at radius 2 is 1.84 bits per heavy atom. The maximum Gasteiger partial charge on any atom is 0.243 e. The Hall–Kier alpha value is -2.22. The third-order valence-electron chi connectivity index (χ3n) is 5.83. The topological polar surface area (TPSA) is 69.7 Å². The molecule has 1 heterocycles. The number of nitrogens with zero attached hydrogens (tertiary/aromatic N) is 2. The molecule has 1 atom stereocenters. The van der Waals surface area contributed by atoms with Crippen LogP contribution in [0.4, 0.5) is 5.69 Å². The first-order valence-corrected chi connectivity index (χ1v) is 12.5. The van der Waals surface area contributed by atoms with Crippen LogP contribution in [0.3, 0.4) is 0 Å². The van der Waals surface area contributed by atoms with Crippen molar-refractivity contribution in [2.24, 2.45) is 5.92 Å². The highest BCUT2D eigenvalue weighted by Crippen LogP contribution is 2.22. The predicted molar refractivity (Wildman–Crippen MR) is 124 cm³/mol. The first-order chi connectivity index (χ1) is 14.8. The molecule has 0 bridgehead atoms. The Kier molecular flexibility index (Phi) is 7.86. The molecule has 3 rings (SSSR count). The summed E-state index contributed by atoms with van der Waals surface area (Å²) in [7, 11) is -3.49. The number of piperidine rings is 1. The second kappa shape index (κ2) is 10.4. The van der Waals surface area contributed by atoms with Crippen LogP contribution in [-0.2, 0) is 21.4 Å². The molecule has 1 saturated heterocycles. The highest BCUT2D eigenvalue weighted by molar-refractivity contribution is 7.89. The highest BCUT2D eigenvalue weighted by Gasteiger charge is 2.26. The van der Waals surface area contributed by atoms with Gasteiger partial charge in [-0.25, -0.2) is 8.42 Å². The summed E-state index contributed by atoms with van der Waals surface area (Å²) in [5, 5.41) is 2.97. The van der Waals surface area contributed by atoms with Crippen LogP contribution >= 0.6 is 0 Å². The Morgan fingerprint density at radius 3 is 2.48 bits per heavy atom. The summed E-state index contributed by atoms with van der Waals surface area (Å²) in [6, 6.07) is 14.9. The van der Waals surface area contributed by atoms with E-state index in [1.807, 2.05) is 13.8 Å². The average molecular weight is 444 g/mol. The van der Waals surface area contributed by atoms with Gasteiger partial charge in [0.05, 0.1) is 10.8 Å². The van der Waals surface area contributed by atoms with Gasteiger partial charge in [0.15, 0.2) is 0 Å². The maximum absolute atomic E-state index is 12.8. The lowest BCUT2D eigenvalue weighted by Gasteiger charge is -2.32. The minimum atomic E-state index is -3.49. The van der Waals surface area contributed by atoms with E-state index in [9.17, 15) is 13.2 Å². The lowest BCUT2D eigenvalue weighted by molar-refractivity contribution is -0.121. The van der Waals surface area contributed by atoms with E-state index in [0.29, 0.717) is 18.8 Å². The Balaban J connectivity index is 1.60. The number of likely N-dealkylation sites (tertiary alicyclic amines) is 1. The number of anilines is 1. The van der Waals surface area contributed by atoms with E-state index in [1.165, 1.54) is 15.4 Å². The molecule has 0 spiro atoms. The molecular weight excluding hydrogens is 410 g/mol. The molecule has 1 amide bonds. The van der Waals surface area contributed by atoms with Crippen molar-refractivity contribution in [2.75, 3.05) is 31.5 Å². The summed E-state index contributed by atoms with van der Waals surface area (Å²) >= 11 is 0. The van der Waals surface area contributed by atoms with Crippen LogP contribution in [-0.4, -0.2) is 49.7 Å². The molecule has 1 aliphatic heterocycles. The van der Waals surface area contributed by atoms with Crippen molar-refractivity contribution < 1.29 is 13.2 Å². The molecule has 2 aromatic carbocycles. The van der Waals surface area contributed by atoms with Gasteiger partial charge in [0.25, 0.3) is 0 Å². The van der Waals surface area contributed by atoms with E-state index < -0.39 is 10.0 Å². The van der Waals surface area contributed by atoms with Gasteiger partial charge >= 0.3 is 0 Å². The van der Waals surface area contributed by atoms with Crippen molar-refractivity contribution in [3.05, 3.63) is 59.7 Å². The van der Waals surface area contributed by atoms with Crippen molar-refractivity contribution >= 4 is 21.6 Å². The maximum atomic E-state index is 12.8. The minimum absolute atomic E-state index is 0.00621. The SMILES string of the molecule is CCN(CC)S(=O)(=O)c1ccc(NC(=O)C2CCCN(Cc3cccc(C)c3)C2)cc1. The molecule has 168 valence electrons. The molecule has 0 radical (unpaired) electrons. The third kappa shape index (κ3) is 5.93. The number of aryl methyl sites for hydroxylation is 1. The molecule has 1 unspecified atom stereocenters. The molecule has 0 saturated carbocycles. The number of sulfonamides is 1. The van der Waals surface area contributed by atoms with E-state index in [4.69, 9.17) is 0 Å². The fourth-order valence-corrected chi connectivity index (χ4v) is 5.61. The van der Waals surface area contributed by atoms with E-state index >= 15 is 0 Å². The normalized spacial score (nSPS) is 17.6. The molecule has 1 N–H and O–H groups in total. The predicted octanol–water partition coefficient (Wildman–Crippen LogP) is 3.88. The van der Waals surface area contributed by atoms with Crippen LogP contribution in [0.5, 0.6) is 0 Å². The summed E-state index contributed by atoms with van der Waals surface area (Å²) in [6.45, 7) is 9.17. The minimum Gasteiger partial charge on any atom is -0.326 e. The fourth-order valence-electron chi connectivity index (χ4n) is 4.15. The summed E-state index contributed by atoms with van der Waals surface area (Å²) in [4.78, 5) is 15.4. The number of carbonyl (C=O) groups excluding carboxylic acids is 1. The van der Waals surface area contributed by atoms with Crippen molar-refractivity contribution in [3.8, 4) is 0 Å². The first kappa shape index (κ1) is 23.4. The first-order valence-electron chi connectivity index (χ1n) is 11.0. The number of rotatable bonds is 8. The van der Waals surface area contributed by atoms with Gasteiger partial charge in [-0.1, -0.05) is 43.7 Å². The molecule has 1 fully saturated rings. The molecule has 6 nitrogen and oxygen atoms in total. The highest BCUT2D eigenvalue weighted by atomic mass is 32.2. The second-order valence-electron chi connectivity index (χ2n) is 8.17. The van der Waals surface area contributed by atoms with Gasteiger partial charge in [0, 0.05) is 31.9 Å². The van der Waals surface area contributed by atoms with Crippen LogP contribution in [0, 0.1) is 12.8 Å². The molecule has 2 aromatic rings. The van der Waals surface area contributed by atoms with Gasteiger partial charge in [-0.3, -0.25) is 9.69 Å². The van der Waals surface area contributed by atoms with Crippen molar-refractivity contribution in [2.45, 2.75) is 45.1 Å². The smallest absolute Gasteiger partial charge is 0.243 e. The average Bonchev–Trinajstić information content (AvgIpc) is 2.75. The lowest BCUT2D eigenvalue weighted by Crippen LogP contribution is -2.40.